The summed E-state index contributed by atoms with van der Waals surface area (Å²) in [5.41, 5.74) is -11.8. The number of hydrogen-bond acceptors (Lipinski definition) is 3. The normalized spacial score (nSPS) is 12.8. The van der Waals surface area contributed by atoms with Gasteiger partial charge in [0.05, 0.1) is 22.0 Å². The molecule has 0 aliphatic heterocycles. The van der Waals surface area contributed by atoms with Crippen LogP contribution in [0.25, 0.3) is 32.7 Å². The summed E-state index contributed by atoms with van der Waals surface area (Å²) in [6, 6.07) is 0. The van der Waals surface area contributed by atoms with E-state index in [1.165, 1.54) is 0 Å². The summed E-state index contributed by atoms with van der Waals surface area (Å²) in [5, 5.41) is 3.72. The number of nitrogens with zero attached hydrogens (tertiary/aromatic N) is 6. The molecule has 6 aromatic rings. The summed E-state index contributed by atoms with van der Waals surface area (Å²) in [5.74, 6) is -25.1. The Labute approximate surface area is 261 Å². The van der Waals surface area contributed by atoms with E-state index in [-0.39, 0.29) is 4.59 Å². The van der Waals surface area contributed by atoms with Crippen molar-refractivity contribution in [2.24, 2.45) is 0 Å². The minimum atomic E-state index is -5.94. The van der Waals surface area contributed by atoms with Crippen molar-refractivity contribution in [1.82, 2.24) is 29.1 Å². The molecule has 6 nitrogen and oxygen atoms in total. The second kappa shape index (κ2) is 10.7. The van der Waals surface area contributed by atoms with Gasteiger partial charge in [0.15, 0.2) is 69.6 Å². The maximum atomic E-state index is 15.7. The average Bonchev–Trinajstić information content (AvgIpc) is 3.71. The molecule has 0 N–H and O–H groups in total. The Bertz CT molecular complexity index is 2310. The predicted molar refractivity (Wildman–Crippen MR) is 140 cm³/mol. The first-order chi connectivity index (χ1) is 22.5. The first-order valence-corrected chi connectivity index (χ1v) is 13.4. The van der Waals surface area contributed by atoms with Crippen molar-refractivity contribution in [1.29, 1.82) is 0 Å². The van der Waals surface area contributed by atoms with E-state index >= 15 is 17.6 Å². The molecular weight excluding hydrogens is 730 g/mol. The van der Waals surface area contributed by atoms with Gasteiger partial charge in [-0.1, -0.05) is 0 Å². The minimum absolute atomic E-state index is 0.301. The number of rotatable bonds is 3. The second-order valence-corrected chi connectivity index (χ2v) is 10.9. The number of aryl methyl sites for hydroxylation is 2. The van der Waals surface area contributed by atoms with Crippen LogP contribution in [0.1, 0.15) is 22.6 Å². The molecule has 0 fully saturated rings. The first kappa shape index (κ1) is 34.3. The van der Waals surface area contributed by atoms with Crippen molar-refractivity contribution in [2.75, 3.05) is 0 Å². The van der Waals surface area contributed by atoms with Crippen LogP contribution in [0.15, 0.2) is 0 Å². The van der Waals surface area contributed by atoms with E-state index in [1.54, 1.807) is 9.24 Å². The highest BCUT2D eigenvalue weighted by atomic mass is 31.0. The summed E-state index contributed by atoms with van der Waals surface area (Å²) in [6.45, 7) is 1.52. The van der Waals surface area contributed by atoms with Gasteiger partial charge in [0.2, 0.25) is 0 Å². The minimum Gasteiger partial charge on any atom is -0.258 e. The number of halogens is 16. The van der Waals surface area contributed by atoms with Gasteiger partial charge in [0.1, 0.15) is 11.0 Å². The van der Waals surface area contributed by atoms with Crippen LogP contribution in [0.5, 0.6) is 0 Å². The predicted octanol–water partition coefficient (Wildman–Crippen LogP) is 7.21. The van der Waals surface area contributed by atoms with Gasteiger partial charge in [-0.15, -0.1) is 9.24 Å². The highest BCUT2D eigenvalue weighted by molar-refractivity contribution is 7.27. The summed E-state index contributed by atoms with van der Waals surface area (Å²) < 4.78 is 233. The molecule has 0 amide bonds. The molecule has 3 aromatic heterocycles. The molecule has 0 spiro atoms. The Morgan fingerprint density at radius 3 is 1.29 bits per heavy atom. The van der Waals surface area contributed by atoms with Gasteiger partial charge in [-0.05, 0) is 19.4 Å². The zero-order valence-corrected chi connectivity index (χ0v) is 24.5. The number of aromatic nitrogens is 6. The highest BCUT2D eigenvalue weighted by Crippen LogP contribution is 2.41. The van der Waals surface area contributed by atoms with E-state index in [0.717, 1.165) is 13.8 Å². The van der Waals surface area contributed by atoms with E-state index in [1.807, 2.05) is 0 Å². The third-order valence-electron chi connectivity index (χ3n) is 7.53. The third kappa shape index (κ3) is 4.59. The van der Waals surface area contributed by atoms with Crippen LogP contribution in [0, 0.1) is 72.0 Å². The van der Waals surface area contributed by atoms with Crippen molar-refractivity contribution >= 4 is 54.4 Å². The zero-order chi connectivity index (χ0) is 36.6. The summed E-state index contributed by atoms with van der Waals surface area (Å²) in [4.78, 5) is 0. The average molecular weight is 738 g/mol. The molecule has 0 aliphatic carbocycles. The fourth-order valence-electron chi connectivity index (χ4n) is 5.42. The highest BCUT2D eigenvalue weighted by Gasteiger charge is 2.47. The van der Waals surface area contributed by atoms with E-state index in [0.29, 0.717) is 0 Å². The molecular formula is C25H8BF16N6P. The quantitative estimate of drug-likeness (QED) is 0.0635. The SMILES string of the molecule is Cc1nn(B(n2nc(C(F)(F)F)c3c(C)c(P)c(F)c(F)c32)n2nc(C(F)(F)F)c3c(F)c(F)c(F)c(F)c32)c2c(F)c(F)c(F)c(F)c12. The molecule has 1 unspecified atom stereocenters. The lowest BCUT2D eigenvalue weighted by Crippen LogP contribution is -2.45. The van der Waals surface area contributed by atoms with Crippen molar-refractivity contribution in [3.8, 4) is 0 Å². The number of fused-ring (bicyclic) bond motifs is 3. The van der Waals surface area contributed by atoms with Crippen molar-refractivity contribution in [3.05, 3.63) is 80.8 Å². The van der Waals surface area contributed by atoms with Crippen LogP contribution in [0.2, 0.25) is 0 Å². The van der Waals surface area contributed by atoms with E-state index in [2.05, 4.69) is 15.3 Å². The molecule has 1 atom stereocenters. The molecule has 0 saturated heterocycles. The van der Waals surface area contributed by atoms with Crippen LogP contribution in [0.3, 0.4) is 0 Å². The van der Waals surface area contributed by atoms with Crippen LogP contribution >= 0.6 is 9.24 Å². The molecule has 258 valence electrons. The summed E-state index contributed by atoms with van der Waals surface area (Å²) in [6.07, 6.45) is -11.6. The van der Waals surface area contributed by atoms with Crippen molar-refractivity contribution < 1.29 is 70.2 Å². The number of benzene rings is 3. The van der Waals surface area contributed by atoms with Crippen molar-refractivity contribution in [3.63, 3.8) is 0 Å². The fraction of sp³-hybridized carbons (Fsp3) is 0.160. The van der Waals surface area contributed by atoms with Crippen LogP contribution < -0.4 is 5.30 Å². The molecule has 0 aliphatic rings. The lowest BCUT2D eigenvalue weighted by molar-refractivity contribution is -0.140. The maximum absolute atomic E-state index is 15.7. The Morgan fingerprint density at radius 2 is 0.816 bits per heavy atom. The zero-order valence-electron chi connectivity index (χ0n) is 23.4. The Balaban J connectivity index is 1.95. The van der Waals surface area contributed by atoms with Gasteiger partial charge in [-0.2, -0.15) is 41.6 Å². The number of hydrogen-bond donors (Lipinski definition) is 0. The van der Waals surface area contributed by atoms with E-state index in [4.69, 9.17) is 0 Å². The molecule has 3 aromatic carbocycles. The molecule has 3 heterocycles. The van der Waals surface area contributed by atoms with Crippen LogP contribution in [-0.4, -0.2) is 36.2 Å². The second-order valence-electron chi connectivity index (χ2n) is 10.3. The van der Waals surface area contributed by atoms with Crippen molar-refractivity contribution in [2.45, 2.75) is 26.2 Å². The van der Waals surface area contributed by atoms with Gasteiger partial charge in [-0.25, -0.2) is 43.9 Å². The van der Waals surface area contributed by atoms with Crippen LogP contribution in [-0.2, 0) is 12.4 Å². The number of alkyl halides is 6. The van der Waals surface area contributed by atoms with Gasteiger partial charge in [0, 0.05) is 10.7 Å². The topological polar surface area (TPSA) is 53.5 Å². The Morgan fingerprint density at radius 1 is 0.469 bits per heavy atom. The van der Waals surface area contributed by atoms with E-state index in [9.17, 15) is 52.7 Å². The molecule has 6 rings (SSSR count). The summed E-state index contributed by atoms with van der Waals surface area (Å²) in [7, 11) is -1.72. The fourth-order valence-corrected chi connectivity index (χ4v) is 5.69. The molecule has 0 radical (unpaired) electrons. The van der Waals surface area contributed by atoms with Gasteiger partial charge in [0.25, 0.3) is 0 Å². The largest absolute Gasteiger partial charge is 0.570 e. The lowest BCUT2D eigenvalue weighted by atomic mass is 9.92. The van der Waals surface area contributed by atoms with Gasteiger partial charge >= 0.3 is 19.5 Å². The van der Waals surface area contributed by atoms with Crippen LogP contribution in [0.4, 0.5) is 70.2 Å². The Hall–Kier alpha value is -4.56. The third-order valence-corrected chi connectivity index (χ3v) is 8.21. The van der Waals surface area contributed by atoms with Gasteiger partial charge < -0.3 is 0 Å². The smallest absolute Gasteiger partial charge is 0.258 e. The first-order valence-electron chi connectivity index (χ1n) is 12.8. The molecule has 49 heavy (non-hydrogen) atoms. The molecule has 0 saturated carbocycles. The molecule has 0 bridgehead atoms. The monoisotopic (exact) mass is 738 g/mol. The van der Waals surface area contributed by atoms with Gasteiger partial charge in [-0.3, -0.25) is 13.8 Å². The lowest BCUT2D eigenvalue weighted by Gasteiger charge is -2.18. The molecule has 24 heteroatoms. The summed E-state index contributed by atoms with van der Waals surface area (Å²) >= 11 is 0. The van der Waals surface area contributed by atoms with E-state index < -0.39 is 147 Å². The maximum Gasteiger partial charge on any atom is 0.570 e. The Kier molecular flexibility index (Phi) is 7.51. The standard InChI is InChI=1S/C25H8BF16N6P/c1-3-5-18(16(35)17(36)21(3)49)47(44-22(5)24(37,38)39)26(46-19-6(4(2)43-46)8(27)10(29)12(31)14(19)33)48-20-7(23(45-48)25(40,41)42)9(28)11(30)13(32)15(20)34/h49H2,1-2H3.